The van der Waals surface area contributed by atoms with Gasteiger partial charge in [0, 0.05) is 5.75 Å². The molecule has 0 aromatic heterocycles. The van der Waals surface area contributed by atoms with Gasteiger partial charge in [0.2, 0.25) is 5.12 Å². The van der Waals surface area contributed by atoms with Crippen LogP contribution in [0.1, 0.15) is 0 Å². The molecule has 0 radical (unpaired) electrons. The number of thioether (sulfide) groups is 1. The standard InChI is InChI=1S/C5H9NO3S2/c6-3(5(9)10)1-11-2-4(7)8/h3H,1-2,6H2,(H,7,8)(H,9,10). The van der Waals surface area contributed by atoms with Crippen molar-refractivity contribution < 1.29 is 14.7 Å². The quantitative estimate of drug-likeness (QED) is 0.520. The number of rotatable bonds is 5. The molecule has 4 nitrogen and oxygen atoms in total. The number of carboxylic acids is 1. The van der Waals surface area contributed by atoms with Crippen LogP contribution >= 0.6 is 24.4 Å². The maximum atomic E-state index is 10.4. The number of nitrogens with two attached hydrogens (primary N) is 1. The molecular formula is C5H9NO3S2. The molecule has 0 fully saturated rings. The molecule has 0 aliphatic heterocycles. The van der Waals surface area contributed by atoms with Crippen molar-refractivity contribution >= 4 is 35.5 Å². The van der Waals surface area contributed by atoms with E-state index < -0.39 is 17.1 Å². The number of carbonyl (C=O) groups is 2. The Balaban J connectivity index is 3.39. The molecule has 0 saturated carbocycles. The van der Waals surface area contributed by atoms with Gasteiger partial charge in [-0.3, -0.25) is 9.59 Å². The van der Waals surface area contributed by atoms with Crippen LogP contribution in [0.4, 0.5) is 0 Å². The number of hydrogen-bond acceptors (Lipinski definition) is 4. The minimum Gasteiger partial charge on any atom is -0.481 e. The Morgan fingerprint density at radius 2 is 2.18 bits per heavy atom. The Labute approximate surface area is 73.9 Å². The molecule has 0 bridgehead atoms. The minimum atomic E-state index is -0.909. The van der Waals surface area contributed by atoms with E-state index in [1.165, 1.54) is 0 Å². The van der Waals surface area contributed by atoms with Gasteiger partial charge in [-0.15, -0.1) is 24.4 Å². The Morgan fingerprint density at radius 1 is 1.64 bits per heavy atom. The number of carbonyl (C=O) groups excluding carboxylic acids is 1. The first-order valence-corrected chi connectivity index (χ1v) is 4.42. The molecule has 0 rings (SSSR count). The first-order chi connectivity index (χ1) is 5.04. The molecule has 0 aromatic carbocycles. The van der Waals surface area contributed by atoms with Crippen molar-refractivity contribution in [3.63, 3.8) is 0 Å². The van der Waals surface area contributed by atoms with Crippen LogP contribution in [-0.4, -0.2) is 33.7 Å². The van der Waals surface area contributed by atoms with E-state index in [1.807, 2.05) is 0 Å². The lowest BCUT2D eigenvalue weighted by atomic mass is 10.4. The van der Waals surface area contributed by atoms with Crippen LogP contribution in [0.2, 0.25) is 0 Å². The molecule has 0 spiro atoms. The maximum Gasteiger partial charge on any atom is 0.313 e. The Hall–Kier alpha value is -0.200. The summed E-state index contributed by atoms with van der Waals surface area (Å²) in [6, 6.07) is -0.664. The third-order valence-electron chi connectivity index (χ3n) is 0.840. The van der Waals surface area contributed by atoms with Gasteiger partial charge < -0.3 is 10.8 Å². The van der Waals surface area contributed by atoms with Crippen molar-refractivity contribution in [2.24, 2.45) is 5.73 Å². The van der Waals surface area contributed by atoms with Crippen molar-refractivity contribution in [3.05, 3.63) is 0 Å². The summed E-state index contributed by atoms with van der Waals surface area (Å²) >= 11 is 4.60. The molecule has 3 N–H and O–H groups in total. The largest absolute Gasteiger partial charge is 0.481 e. The van der Waals surface area contributed by atoms with Gasteiger partial charge in [0.1, 0.15) is 0 Å². The molecule has 0 saturated heterocycles. The summed E-state index contributed by atoms with van der Waals surface area (Å²) in [5.74, 6) is -0.641. The van der Waals surface area contributed by atoms with Gasteiger partial charge in [0.25, 0.3) is 0 Å². The molecule has 0 aliphatic carbocycles. The molecule has 0 heterocycles. The second-order valence-corrected chi connectivity index (χ2v) is 3.32. The zero-order valence-electron chi connectivity index (χ0n) is 5.69. The lowest BCUT2D eigenvalue weighted by molar-refractivity contribution is -0.133. The normalized spacial score (nSPS) is 12.5. The lowest BCUT2D eigenvalue weighted by Gasteiger charge is -2.03. The van der Waals surface area contributed by atoms with Crippen molar-refractivity contribution in [2.45, 2.75) is 6.04 Å². The predicted molar refractivity (Wildman–Crippen MR) is 46.9 cm³/mol. The van der Waals surface area contributed by atoms with E-state index in [0.29, 0.717) is 5.75 Å². The fourth-order valence-corrected chi connectivity index (χ4v) is 1.26. The van der Waals surface area contributed by atoms with E-state index in [4.69, 9.17) is 10.8 Å². The van der Waals surface area contributed by atoms with Crippen LogP contribution in [0.5, 0.6) is 0 Å². The van der Waals surface area contributed by atoms with Crippen LogP contribution < -0.4 is 5.73 Å². The minimum absolute atomic E-state index is 0.0330. The molecule has 0 aromatic rings. The van der Waals surface area contributed by atoms with E-state index in [0.717, 1.165) is 11.8 Å². The number of carboxylic acid groups (broad SMARTS) is 1. The van der Waals surface area contributed by atoms with Crippen LogP contribution in [0.15, 0.2) is 0 Å². The smallest absolute Gasteiger partial charge is 0.313 e. The zero-order chi connectivity index (χ0) is 8.85. The van der Waals surface area contributed by atoms with Crippen molar-refractivity contribution in [1.82, 2.24) is 0 Å². The fraction of sp³-hybridized carbons (Fsp3) is 0.600. The van der Waals surface area contributed by atoms with Crippen LogP contribution in [0.3, 0.4) is 0 Å². The SMILES string of the molecule is NC(CSCC(=O)O)C(=O)S. The molecule has 64 valence electrons. The predicted octanol–water partition coefficient (Wildman–Crippen LogP) is -0.412. The van der Waals surface area contributed by atoms with Gasteiger partial charge in [-0.2, -0.15) is 0 Å². The average Bonchev–Trinajstić information content (AvgIpc) is 1.86. The summed E-state index contributed by atoms with van der Waals surface area (Å²) in [4.78, 5) is 20.4. The van der Waals surface area contributed by atoms with Crippen molar-refractivity contribution in [1.29, 1.82) is 0 Å². The third-order valence-corrected chi connectivity index (χ3v) is 2.22. The van der Waals surface area contributed by atoms with Gasteiger partial charge in [-0.25, -0.2) is 0 Å². The van der Waals surface area contributed by atoms with Crippen LogP contribution in [-0.2, 0) is 9.59 Å². The number of aliphatic carboxylic acids is 1. The molecule has 1 unspecified atom stereocenters. The van der Waals surface area contributed by atoms with Gasteiger partial charge >= 0.3 is 5.97 Å². The highest BCUT2D eigenvalue weighted by molar-refractivity contribution is 8.00. The van der Waals surface area contributed by atoms with Gasteiger partial charge in [0.05, 0.1) is 11.8 Å². The van der Waals surface area contributed by atoms with Gasteiger partial charge in [-0.05, 0) is 0 Å². The highest BCUT2D eigenvalue weighted by Crippen LogP contribution is 2.02. The first-order valence-electron chi connectivity index (χ1n) is 2.82. The zero-order valence-corrected chi connectivity index (χ0v) is 7.40. The topological polar surface area (TPSA) is 80.4 Å². The molecule has 0 aliphatic rings. The summed E-state index contributed by atoms with van der Waals surface area (Å²) in [7, 11) is 0. The first kappa shape index (κ1) is 10.8. The molecule has 11 heavy (non-hydrogen) atoms. The summed E-state index contributed by atoms with van der Waals surface area (Å²) < 4.78 is 0. The summed E-state index contributed by atoms with van der Waals surface area (Å²) in [5.41, 5.74) is 5.26. The average molecular weight is 195 g/mol. The highest BCUT2D eigenvalue weighted by Gasteiger charge is 2.09. The fourth-order valence-electron chi connectivity index (χ4n) is 0.344. The van der Waals surface area contributed by atoms with E-state index >= 15 is 0 Å². The number of thiol groups is 1. The Bertz CT molecular complexity index is 162. The lowest BCUT2D eigenvalue weighted by Crippen LogP contribution is -2.29. The highest BCUT2D eigenvalue weighted by atomic mass is 32.2. The van der Waals surface area contributed by atoms with E-state index in [1.54, 1.807) is 0 Å². The van der Waals surface area contributed by atoms with E-state index in [9.17, 15) is 9.59 Å². The summed E-state index contributed by atoms with van der Waals surface area (Å²) in [6.07, 6.45) is 0. The van der Waals surface area contributed by atoms with Crippen molar-refractivity contribution in [2.75, 3.05) is 11.5 Å². The summed E-state index contributed by atoms with van der Waals surface area (Å²) in [6.45, 7) is 0. The molecule has 6 heteroatoms. The molecular weight excluding hydrogens is 186 g/mol. The Kier molecular flexibility index (Phi) is 5.35. The maximum absolute atomic E-state index is 10.4. The van der Waals surface area contributed by atoms with Crippen LogP contribution in [0.25, 0.3) is 0 Å². The monoisotopic (exact) mass is 195 g/mol. The van der Waals surface area contributed by atoms with Gasteiger partial charge in [0.15, 0.2) is 0 Å². The number of hydrogen-bond donors (Lipinski definition) is 3. The van der Waals surface area contributed by atoms with Crippen molar-refractivity contribution in [3.8, 4) is 0 Å². The van der Waals surface area contributed by atoms with E-state index in [-0.39, 0.29) is 5.75 Å². The summed E-state index contributed by atoms with van der Waals surface area (Å²) in [5, 5.41) is 7.79. The molecule has 1 atom stereocenters. The molecule has 0 amide bonds. The second kappa shape index (κ2) is 5.45. The third kappa shape index (κ3) is 6.21. The van der Waals surface area contributed by atoms with Crippen LogP contribution in [0, 0.1) is 0 Å². The van der Waals surface area contributed by atoms with Gasteiger partial charge in [-0.1, -0.05) is 0 Å². The van der Waals surface area contributed by atoms with E-state index in [2.05, 4.69) is 12.6 Å². The Morgan fingerprint density at radius 3 is 2.55 bits per heavy atom. The second-order valence-electron chi connectivity index (χ2n) is 1.85.